The van der Waals surface area contributed by atoms with Gasteiger partial charge >= 0.3 is 6.09 Å². The van der Waals surface area contributed by atoms with E-state index in [1.54, 1.807) is 18.2 Å². The molecule has 1 rings (SSSR count). The second-order valence-corrected chi connectivity index (χ2v) is 2.78. The molecule has 14 heavy (non-hydrogen) atoms. The number of hydrogen-bond acceptors (Lipinski definition) is 2. The van der Waals surface area contributed by atoms with Crippen LogP contribution in [0.1, 0.15) is 18.1 Å². The maximum Gasteiger partial charge on any atom is 0.409 e. The summed E-state index contributed by atoms with van der Waals surface area (Å²) in [7, 11) is 0. The highest BCUT2D eigenvalue weighted by atomic mass is 16.4. The van der Waals surface area contributed by atoms with Gasteiger partial charge in [-0.25, -0.2) is 4.79 Å². The van der Waals surface area contributed by atoms with Gasteiger partial charge in [-0.3, -0.25) is 5.32 Å². The quantitative estimate of drug-likeness (QED) is 0.750. The first kappa shape index (κ1) is 10.1. The topological polar surface area (TPSA) is 73.1 Å². The predicted molar refractivity (Wildman–Crippen MR) is 52.2 cm³/mol. The Hall–Kier alpha value is -2.02. The lowest BCUT2D eigenvalue weighted by molar-refractivity contribution is 0.209. The van der Waals surface area contributed by atoms with Crippen LogP contribution in [0.15, 0.2) is 18.2 Å². The summed E-state index contributed by atoms with van der Waals surface area (Å²) in [6.45, 7) is 1.97. The van der Waals surface area contributed by atoms with Gasteiger partial charge in [-0.05, 0) is 24.1 Å². The van der Waals surface area contributed by atoms with Crippen molar-refractivity contribution in [2.75, 3.05) is 5.32 Å². The molecule has 0 aromatic heterocycles. The summed E-state index contributed by atoms with van der Waals surface area (Å²) < 4.78 is 0. The molecule has 1 aromatic carbocycles. The number of carbonyl (C=O) groups is 1. The summed E-state index contributed by atoms with van der Waals surface area (Å²) in [6, 6.07) is 7.04. The molecule has 0 spiro atoms. The summed E-state index contributed by atoms with van der Waals surface area (Å²) in [5.74, 6) is 0. The van der Waals surface area contributed by atoms with Gasteiger partial charge in [0.05, 0.1) is 11.3 Å². The molecular weight excluding hydrogens is 180 g/mol. The molecule has 0 aliphatic carbocycles. The summed E-state index contributed by atoms with van der Waals surface area (Å²) in [4.78, 5) is 10.4. The number of benzene rings is 1. The highest BCUT2D eigenvalue weighted by Gasteiger charge is 2.05. The molecule has 1 amide bonds. The van der Waals surface area contributed by atoms with E-state index in [1.165, 1.54) is 0 Å². The molecule has 0 unspecified atom stereocenters. The van der Waals surface area contributed by atoms with Crippen molar-refractivity contribution in [3.8, 4) is 6.07 Å². The van der Waals surface area contributed by atoms with Crippen LogP contribution in [0.4, 0.5) is 10.5 Å². The number of nitriles is 1. The zero-order chi connectivity index (χ0) is 10.6. The van der Waals surface area contributed by atoms with Crippen LogP contribution in [-0.2, 0) is 6.42 Å². The van der Waals surface area contributed by atoms with Crippen molar-refractivity contribution in [1.29, 1.82) is 5.26 Å². The van der Waals surface area contributed by atoms with E-state index in [1.807, 2.05) is 13.0 Å². The second kappa shape index (κ2) is 4.28. The van der Waals surface area contributed by atoms with E-state index in [0.29, 0.717) is 11.3 Å². The molecule has 0 aliphatic rings. The molecule has 0 aliphatic heterocycles. The molecule has 0 saturated heterocycles. The lowest BCUT2D eigenvalue weighted by Gasteiger charge is -2.04. The Bertz CT molecular complexity index is 394. The third-order valence-corrected chi connectivity index (χ3v) is 1.85. The zero-order valence-corrected chi connectivity index (χ0v) is 7.74. The number of rotatable bonds is 2. The fourth-order valence-electron chi connectivity index (χ4n) is 1.13. The van der Waals surface area contributed by atoms with Gasteiger partial charge in [0.15, 0.2) is 0 Å². The maximum atomic E-state index is 10.4. The Kier molecular flexibility index (Phi) is 3.08. The summed E-state index contributed by atoms with van der Waals surface area (Å²) >= 11 is 0. The number of amides is 1. The van der Waals surface area contributed by atoms with Crippen molar-refractivity contribution in [1.82, 2.24) is 0 Å². The van der Waals surface area contributed by atoms with Crippen LogP contribution in [0, 0.1) is 11.3 Å². The van der Waals surface area contributed by atoms with Crippen molar-refractivity contribution in [2.24, 2.45) is 0 Å². The van der Waals surface area contributed by atoms with Crippen molar-refractivity contribution < 1.29 is 9.90 Å². The fraction of sp³-hybridized carbons (Fsp3) is 0.200. The van der Waals surface area contributed by atoms with Gasteiger partial charge in [-0.15, -0.1) is 0 Å². The number of nitrogens with one attached hydrogen (secondary N) is 1. The van der Waals surface area contributed by atoms with Gasteiger partial charge in [-0.2, -0.15) is 5.26 Å². The number of nitrogens with zero attached hydrogens (tertiary/aromatic N) is 1. The van der Waals surface area contributed by atoms with E-state index in [2.05, 4.69) is 5.32 Å². The minimum Gasteiger partial charge on any atom is -0.465 e. The summed E-state index contributed by atoms with van der Waals surface area (Å²) in [5.41, 5.74) is 1.70. The summed E-state index contributed by atoms with van der Waals surface area (Å²) in [5, 5.41) is 19.4. The number of aryl methyl sites for hydroxylation is 1. The smallest absolute Gasteiger partial charge is 0.409 e. The molecule has 0 atom stereocenters. The largest absolute Gasteiger partial charge is 0.465 e. The first-order valence-corrected chi connectivity index (χ1v) is 4.20. The number of anilines is 1. The van der Waals surface area contributed by atoms with Gasteiger partial charge < -0.3 is 5.11 Å². The van der Waals surface area contributed by atoms with Gasteiger partial charge in [0.2, 0.25) is 0 Å². The third-order valence-electron chi connectivity index (χ3n) is 1.85. The van der Waals surface area contributed by atoms with Crippen LogP contribution in [0.5, 0.6) is 0 Å². The molecular formula is C10H10N2O2. The Balaban J connectivity index is 3.07. The normalized spacial score (nSPS) is 9.14. The Morgan fingerprint density at radius 1 is 1.64 bits per heavy atom. The van der Waals surface area contributed by atoms with Crippen molar-refractivity contribution in [2.45, 2.75) is 13.3 Å². The first-order chi connectivity index (χ1) is 6.67. The molecule has 0 heterocycles. The van der Waals surface area contributed by atoms with E-state index >= 15 is 0 Å². The molecule has 72 valence electrons. The number of hydrogen-bond donors (Lipinski definition) is 2. The SMILES string of the molecule is CCc1ccc(NC(=O)O)c(C#N)c1. The molecule has 0 fully saturated rings. The predicted octanol–water partition coefficient (Wildman–Crippen LogP) is 2.21. The zero-order valence-electron chi connectivity index (χ0n) is 7.74. The standard InChI is InChI=1S/C10H10N2O2/c1-2-7-3-4-9(12-10(13)14)8(5-7)6-11/h3-5,12H,2H2,1H3,(H,13,14). The lowest BCUT2D eigenvalue weighted by Crippen LogP contribution is -2.08. The Morgan fingerprint density at radius 3 is 2.86 bits per heavy atom. The average Bonchev–Trinajstić information content (AvgIpc) is 2.17. The van der Waals surface area contributed by atoms with Crippen molar-refractivity contribution >= 4 is 11.8 Å². The number of carboxylic acid groups (broad SMARTS) is 1. The highest BCUT2D eigenvalue weighted by Crippen LogP contribution is 2.16. The highest BCUT2D eigenvalue weighted by molar-refractivity contribution is 5.85. The van der Waals surface area contributed by atoms with E-state index in [0.717, 1.165) is 12.0 Å². The van der Waals surface area contributed by atoms with Crippen LogP contribution < -0.4 is 5.32 Å². The maximum absolute atomic E-state index is 10.4. The molecule has 0 bridgehead atoms. The van der Waals surface area contributed by atoms with E-state index in [9.17, 15) is 4.79 Å². The molecule has 1 aromatic rings. The monoisotopic (exact) mass is 190 g/mol. The van der Waals surface area contributed by atoms with Crippen molar-refractivity contribution in [3.63, 3.8) is 0 Å². The molecule has 2 N–H and O–H groups in total. The Morgan fingerprint density at radius 2 is 2.36 bits per heavy atom. The van der Waals surface area contributed by atoms with Crippen LogP contribution >= 0.6 is 0 Å². The Labute approximate surface area is 81.8 Å². The van der Waals surface area contributed by atoms with Crippen LogP contribution in [0.25, 0.3) is 0 Å². The van der Waals surface area contributed by atoms with E-state index in [-0.39, 0.29) is 0 Å². The minimum atomic E-state index is -1.16. The van der Waals surface area contributed by atoms with Crippen LogP contribution in [-0.4, -0.2) is 11.2 Å². The van der Waals surface area contributed by atoms with Gasteiger partial charge in [-0.1, -0.05) is 13.0 Å². The summed E-state index contributed by atoms with van der Waals surface area (Å²) in [6.07, 6.45) is -0.340. The molecule has 4 heteroatoms. The average molecular weight is 190 g/mol. The van der Waals surface area contributed by atoms with Gasteiger partial charge in [0.25, 0.3) is 0 Å². The fourth-order valence-corrected chi connectivity index (χ4v) is 1.13. The van der Waals surface area contributed by atoms with E-state index < -0.39 is 6.09 Å². The molecule has 0 saturated carbocycles. The second-order valence-electron chi connectivity index (χ2n) is 2.78. The lowest BCUT2D eigenvalue weighted by atomic mass is 10.1. The van der Waals surface area contributed by atoms with Crippen LogP contribution in [0.3, 0.4) is 0 Å². The van der Waals surface area contributed by atoms with E-state index in [4.69, 9.17) is 10.4 Å². The van der Waals surface area contributed by atoms with Gasteiger partial charge in [0.1, 0.15) is 6.07 Å². The minimum absolute atomic E-state index is 0.331. The molecule has 4 nitrogen and oxygen atoms in total. The van der Waals surface area contributed by atoms with Crippen molar-refractivity contribution in [3.05, 3.63) is 29.3 Å². The van der Waals surface area contributed by atoms with Crippen LogP contribution in [0.2, 0.25) is 0 Å². The third kappa shape index (κ3) is 2.23. The first-order valence-electron chi connectivity index (χ1n) is 4.20. The molecule has 0 radical (unpaired) electrons. The van der Waals surface area contributed by atoms with Gasteiger partial charge in [0, 0.05) is 0 Å².